The van der Waals surface area contributed by atoms with E-state index in [0.717, 1.165) is 6.07 Å². The van der Waals surface area contributed by atoms with Gasteiger partial charge in [-0.15, -0.1) is 0 Å². The maximum absolute atomic E-state index is 13.8. The summed E-state index contributed by atoms with van der Waals surface area (Å²) in [5.74, 6) is -5.70. The van der Waals surface area contributed by atoms with Gasteiger partial charge in [-0.2, -0.15) is 0 Å². The summed E-state index contributed by atoms with van der Waals surface area (Å²) in [7, 11) is 0. The Morgan fingerprint density at radius 2 is 1.50 bits per heavy atom. The normalized spacial score (nSPS) is 11.5. The number of para-hydroxylation sites is 2. The van der Waals surface area contributed by atoms with Crippen LogP contribution in [0.15, 0.2) is 66.7 Å². The van der Waals surface area contributed by atoms with Crippen molar-refractivity contribution >= 4 is 23.2 Å². The highest BCUT2D eigenvalue weighted by molar-refractivity contribution is 6.06. The van der Waals surface area contributed by atoms with Gasteiger partial charge in [0, 0.05) is 5.69 Å². The monoisotopic (exact) mass is 414 g/mol. The van der Waals surface area contributed by atoms with Crippen molar-refractivity contribution in [3.8, 4) is 5.75 Å². The number of hydrogen-bond donors (Lipinski definition) is 2. The number of rotatable bonds is 6. The summed E-state index contributed by atoms with van der Waals surface area (Å²) in [6.45, 7) is 1.37. The van der Waals surface area contributed by atoms with Gasteiger partial charge in [0.05, 0.1) is 11.3 Å². The first-order chi connectivity index (χ1) is 14.4. The summed E-state index contributed by atoms with van der Waals surface area (Å²) >= 11 is 0. The fourth-order valence-electron chi connectivity index (χ4n) is 2.58. The standard InChI is InChI=1S/C22H17F3N2O3/c1-13(21(28)27-17-12-11-16(23)19(24)20(17)25)30-18-10-6-5-9-15(18)22(29)26-14-7-3-2-4-8-14/h2-13H,1H3,(H,26,29)(H,27,28)/t13-/m1/s1. The largest absolute Gasteiger partial charge is 0.480 e. The quantitative estimate of drug-likeness (QED) is 0.572. The highest BCUT2D eigenvalue weighted by atomic mass is 19.2. The molecule has 3 rings (SSSR count). The third-order valence-corrected chi connectivity index (χ3v) is 4.13. The maximum Gasteiger partial charge on any atom is 0.265 e. The highest BCUT2D eigenvalue weighted by Gasteiger charge is 2.21. The van der Waals surface area contributed by atoms with Gasteiger partial charge in [0.1, 0.15) is 5.75 Å². The van der Waals surface area contributed by atoms with Crippen molar-refractivity contribution in [1.29, 1.82) is 0 Å². The first-order valence-corrected chi connectivity index (χ1v) is 8.93. The first kappa shape index (κ1) is 20.9. The SMILES string of the molecule is C[C@@H](Oc1ccccc1C(=O)Nc1ccccc1)C(=O)Nc1ccc(F)c(F)c1F. The second kappa shape index (κ2) is 9.13. The molecule has 2 N–H and O–H groups in total. The average Bonchev–Trinajstić information content (AvgIpc) is 2.75. The summed E-state index contributed by atoms with van der Waals surface area (Å²) in [5, 5.41) is 4.85. The minimum absolute atomic E-state index is 0.124. The van der Waals surface area contributed by atoms with Crippen LogP contribution >= 0.6 is 0 Å². The van der Waals surface area contributed by atoms with E-state index in [0.29, 0.717) is 11.8 Å². The van der Waals surface area contributed by atoms with Gasteiger partial charge in [-0.25, -0.2) is 13.2 Å². The van der Waals surface area contributed by atoms with Gasteiger partial charge in [-0.1, -0.05) is 30.3 Å². The highest BCUT2D eigenvalue weighted by Crippen LogP contribution is 2.23. The fraction of sp³-hybridized carbons (Fsp3) is 0.0909. The molecular weight excluding hydrogens is 397 g/mol. The van der Waals surface area contributed by atoms with Gasteiger partial charge in [0.2, 0.25) is 0 Å². The fourth-order valence-corrected chi connectivity index (χ4v) is 2.58. The van der Waals surface area contributed by atoms with Crippen molar-refractivity contribution in [2.75, 3.05) is 10.6 Å². The molecule has 3 aromatic rings. The van der Waals surface area contributed by atoms with E-state index in [9.17, 15) is 22.8 Å². The van der Waals surface area contributed by atoms with E-state index in [-0.39, 0.29) is 11.3 Å². The second-order valence-electron chi connectivity index (χ2n) is 6.29. The molecule has 0 bridgehead atoms. The predicted octanol–water partition coefficient (Wildman–Crippen LogP) is 4.76. The van der Waals surface area contributed by atoms with E-state index in [1.165, 1.54) is 19.1 Å². The van der Waals surface area contributed by atoms with Crippen LogP contribution < -0.4 is 15.4 Å². The molecule has 30 heavy (non-hydrogen) atoms. The van der Waals surface area contributed by atoms with Crippen LogP contribution in [-0.4, -0.2) is 17.9 Å². The number of benzene rings is 3. The van der Waals surface area contributed by atoms with Gasteiger partial charge in [-0.05, 0) is 43.3 Å². The molecule has 2 amide bonds. The van der Waals surface area contributed by atoms with E-state index in [1.54, 1.807) is 36.4 Å². The summed E-state index contributed by atoms with van der Waals surface area (Å²) in [6.07, 6.45) is -1.16. The Bertz CT molecular complexity index is 1070. The lowest BCUT2D eigenvalue weighted by Gasteiger charge is -2.17. The zero-order valence-corrected chi connectivity index (χ0v) is 15.8. The van der Waals surface area contributed by atoms with Crippen molar-refractivity contribution in [3.63, 3.8) is 0 Å². The smallest absolute Gasteiger partial charge is 0.265 e. The van der Waals surface area contributed by atoms with Gasteiger partial charge < -0.3 is 15.4 Å². The molecule has 0 spiro atoms. The molecule has 0 aliphatic heterocycles. The summed E-state index contributed by atoms with van der Waals surface area (Å²) in [5.41, 5.74) is 0.237. The molecule has 0 saturated heterocycles. The molecule has 154 valence electrons. The van der Waals surface area contributed by atoms with Crippen molar-refractivity contribution in [3.05, 3.63) is 89.7 Å². The average molecular weight is 414 g/mol. The van der Waals surface area contributed by atoms with Crippen molar-refractivity contribution < 1.29 is 27.5 Å². The number of ether oxygens (including phenoxy) is 1. The molecule has 0 aliphatic carbocycles. The van der Waals surface area contributed by atoms with E-state index in [2.05, 4.69) is 10.6 Å². The van der Waals surface area contributed by atoms with Crippen LogP contribution in [0.1, 0.15) is 17.3 Å². The van der Waals surface area contributed by atoms with E-state index >= 15 is 0 Å². The molecule has 0 unspecified atom stereocenters. The zero-order valence-electron chi connectivity index (χ0n) is 15.8. The van der Waals surface area contributed by atoms with E-state index in [4.69, 9.17) is 4.74 Å². The number of anilines is 2. The Balaban J connectivity index is 1.72. The number of carbonyl (C=O) groups is 2. The van der Waals surface area contributed by atoms with Crippen LogP contribution in [0.4, 0.5) is 24.5 Å². The maximum atomic E-state index is 13.8. The van der Waals surface area contributed by atoms with Crippen LogP contribution in [0.25, 0.3) is 0 Å². The lowest BCUT2D eigenvalue weighted by molar-refractivity contribution is -0.122. The molecule has 0 heterocycles. The lowest BCUT2D eigenvalue weighted by atomic mass is 10.1. The number of amides is 2. The summed E-state index contributed by atoms with van der Waals surface area (Å²) in [6, 6.07) is 16.6. The number of nitrogens with one attached hydrogen (secondary N) is 2. The summed E-state index contributed by atoms with van der Waals surface area (Å²) < 4.78 is 45.7. The van der Waals surface area contributed by atoms with Crippen LogP contribution in [0.3, 0.4) is 0 Å². The third-order valence-electron chi connectivity index (χ3n) is 4.13. The third kappa shape index (κ3) is 4.78. The van der Waals surface area contributed by atoms with Crippen molar-refractivity contribution in [1.82, 2.24) is 0 Å². The Morgan fingerprint density at radius 3 is 2.23 bits per heavy atom. The van der Waals surface area contributed by atoms with Crippen molar-refractivity contribution in [2.24, 2.45) is 0 Å². The van der Waals surface area contributed by atoms with Gasteiger partial charge in [-0.3, -0.25) is 9.59 Å². The molecule has 5 nitrogen and oxygen atoms in total. The van der Waals surface area contributed by atoms with Crippen LogP contribution in [0.5, 0.6) is 5.75 Å². The number of hydrogen-bond acceptors (Lipinski definition) is 3. The van der Waals surface area contributed by atoms with Crippen LogP contribution in [-0.2, 0) is 4.79 Å². The Hall–Kier alpha value is -3.81. The minimum atomic E-state index is -1.69. The summed E-state index contributed by atoms with van der Waals surface area (Å²) in [4.78, 5) is 24.9. The van der Waals surface area contributed by atoms with Crippen LogP contribution in [0.2, 0.25) is 0 Å². The molecule has 3 aromatic carbocycles. The number of halogens is 3. The Kier molecular flexibility index (Phi) is 6.36. The molecule has 0 radical (unpaired) electrons. The van der Waals surface area contributed by atoms with E-state index in [1.807, 2.05) is 6.07 Å². The predicted molar refractivity (Wildman–Crippen MR) is 106 cm³/mol. The topological polar surface area (TPSA) is 67.4 Å². The molecule has 8 heteroatoms. The number of carbonyl (C=O) groups excluding carboxylic acids is 2. The minimum Gasteiger partial charge on any atom is -0.480 e. The first-order valence-electron chi connectivity index (χ1n) is 8.93. The van der Waals surface area contributed by atoms with Crippen LogP contribution in [0, 0.1) is 17.5 Å². The molecule has 1 atom stereocenters. The zero-order chi connectivity index (χ0) is 21.7. The molecule has 0 aliphatic rings. The lowest BCUT2D eigenvalue weighted by Crippen LogP contribution is -2.31. The molecular formula is C22H17F3N2O3. The van der Waals surface area contributed by atoms with Gasteiger partial charge in [0.15, 0.2) is 23.6 Å². The second-order valence-corrected chi connectivity index (χ2v) is 6.29. The van der Waals surface area contributed by atoms with E-state index < -0.39 is 41.1 Å². The van der Waals surface area contributed by atoms with Gasteiger partial charge >= 0.3 is 0 Å². The molecule has 0 fully saturated rings. The molecule has 0 saturated carbocycles. The Labute approximate surface area is 170 Å². The Morgan fingerprint density at radius 1 is 0.833 bits per heavy atom. The van der Waals surface area contributed by atoms with Gasteiger partial charge in [0.25, 0.3) is 11.8 Å². The molecule has 0 aromatic heterocycles. The van der Waals surface area contributed by atoms with Crippen molar-refractivity contribution in [2.45, 2.75) is 13.0 Å².